The van der Waals surface area contributed by atoms with Crippen LogP contribution >= 0.6 is 0 Å². The number of hydrogen-bond donors (Lipinski definition) is 2. The van der Waals surface area contributed by atoms with Crippen LogP contribution in [0.1, 0.15) is 6.92 Å². The second-order valence-corrected chi connectivity index (χ2v) is 5.73. The van der Waals surface area contributed by atoms with E-state index in [0.717, 1.165) is 32.7 Å². The quantitative estimate of drug-likeness (QED) is 0.879. The van der Waals surface area contributed by atoms with Crippen LogP contribution in [0.3, 0.4) is 0 Å². The number of halogens is 1. The van der Waals surface area contributed by atoms with Crippen molar-refractivity contribution in [3.05, 3.63) is 36.3 Å². The molecule has 0 bridgehead atoms. The lowest BCUT2D eigenvalue weighted by Crippen LogP contribution is -2.46. The van der Waals surface area contributed by atoms with Crippen LogP contribution in [0.25, 0.3) is 0 Å². The Morgan fingerprint density at radius 2 is 1.96 bits per heavy atom. The molecule has 0 unspecified atom stereocenters. The number of aromatic nitrogens is 2. The summed E-state index contributed by atoms with van der Waals surface area (Å²) >= 11 is 0. The fourth-order valence-corrected chi connectivity index (χ4v) is 2.84. The number of piperazine rings is 1. The minimum Gasteiger partial charge on any atom is -0.367 e. The van der Waals surface area contributed by atoms with Crippen LogP contribution in [-0.4, -0.2) is 54.6 Å². The molecule has 0 radical (unpaired) electrons. The van der Waals surface area contributed by atoms with Crippen LogP contribution in [0, 0.1) is 5.82 Å². The Kier molecular flexibility index (Phi) is 5.10. The minimum atomic E-state index is -0.215. The highest BCUT2D eigenvalue weighted by atomic mass is 19.1. The maximum absolute atomic E-state index is 14.5. The van der Waals surface area contributed by atoms with Crippen LogP contribution in [-0.2, 0) is 0 Å². The first-order valence-electron chi connectivity index (χ1n) is 8.24. The molecule has 128 valence electrons. The van der Waals surface area contributed by atoms with E-state index in [1.54, 1.807) is 19.3 Å². The summed E-state index contributed by atoms with van der Waals surface area (Å²) in [7, 11) is 1.76. The summed E-state index contributed by atoms with van der Waals surface area (Å²) in [5, 5.41) is 5.99. The smallest absolute Gasteiger partial charge is 0.224 e. The van der Waals surface area contributed by atoms with Gasteiger partial charge in [0.15, 0.2) is 0 Å². The predicted octanol–water partition coefficient (Wildman–Crippen LogP) is 2.54. The van der Waals surface area contributed by atoms with Crippen LogP contribution in [0.5, 0.6) is 0 Å². The summed E-state index contributed by atoms with van der Waals surface area (Å²) in [6, 6.07) is 6.98. The summed E-state index contributed by atoms with van der Waals surface area (Å²) in [5.74, 6) is 0.928. The Hall–Kier alpha value is -2.41. The monoisotopic (exact) mass is 330 g/mol. The average molecular weight is 330 g/mol. The second kappa shape index (κ2) is 7.44. The summed E-state index contributed by atoms with van der Waals surface area (Å²) < 4.78 is 14.5. The lowest BCUT2D eigenvalue weighted by molar-refractivity contribution is 0.270. The first kappa shape index (κ1) is 16.4. The van der Waals surface area contributed by atoms with Gasteiger partial charge < -0.3 is 20.4 Å². The molecule has 6 nitrogen and oxygen atoms in total. The van der Waals surface area contributed by atoms with E-state index in [1.807, 2.05) is 12.1 Å². The topological polar surface area (TPSA) is 56.3 Å². The summed E-state index contributed by atoms with van der Waals surface area (Å²) in [4.78, 5) is 12.8. The Bertz CT molecular complexity index is 685. The highest BCUT2D eigenvalue weighted by Gasteiger charge is 2.18. The molecular weight excluding hydrogens is 307 g/mol. The number of hydrogen-bond acceptors (Lipinski definition) is 6. The van der Waals surface area contributed by atoms with Gasteiger partial charge in [0.2, 0.25) is 5.95 Å². The van der Waals surface area contributed by atoms with Crippen molar-refractivity contribution in [3.63, 3.8) is 0 Å². The van der Waals surface area contributed by atoms with Crippen molar-refractivity contribution in [1.82, 2.24) is 14.9 Å². The maximum Gasteiger partial charge on any atom is 0.224 e. The van der Waals surface area contributed by atoms with Crippen molar-refractivity contribution in [2.75, 3.05) is 55.3 Å². The van der Waals surface area contributed by atoms with Crippen molar-refractivity contribution >= 4 is 23.1 Å². The summed E-state index contributed by atoms with van der Waals surface area (Å²) in [6.45, 7) is 6.87. The number of likely N-dealkylation sites (N-methyl/N-ethyl adjacent to an activating group) is 1. The molecule has 2 N–H and O–H groups in total. The molecule has 0 amide bonds. The van der Waals surface area contributed by atoms with Crippen LogP contribution in [0.4, 0.5) is 27.5 Å². The van der Waals surface area contributed by atoms with Gasteiger partial charge in [0.1, 0.15) is 11.6 Å². The highest BCUT2D eigenvalue weighted by molar-refractivity contribution is 5.62. The molecule has 7 heteroatoms. The summed E-state index contributed by atoms with van der Waals surface area (Å²) in [5.41, 5.74) is 1.33. The third-order valence-electron chi connectivity index (χ3n) is 4.26. The molecule has 1 aromatic heterocycles. The van der Waals surface area contributed by atoms with Crippen LogP contribution in [0.2, 0.25) is 0 Å². The molecule has 1 aliphatic heterocycles. The molecule has 1 saturated heterocycles. The first-order valence-corrected chi connectivity index (χ1v) is 8.24. The van der Waals surface area contributed by atoms with Gasteiger partial charge in [0.05, 0.1) is 5.69 Å². The molecular formula is C17H23FN6. The lowest BCUT2D eigenvalue weighted by Gasteiger charge is -2.35. The fraction of sp³-hybridized carbons (Fsp3) is 0.412. The molecule has 1 aromatic carbocycles. The Morgan fingerprint density at radius 1 is 1.17 bits per heavy atom. The second-order valence-electron chi connectivity index (χ2n) is 5.73. The van der Waals surface area contributed by atoms with E-state index in [1.165, 1.54) is 6.07 Å². The third-order valence-corrected chi connectivity index (χ3v) is 4.26. The maximum atomic E-state index is 14.5. The van der Waals surface area contributed by atoms with E-state index < -0.39 is 0 Å². The van der Waals surface area contributed by atoms with Gasteiger partial charge in [-0.2, -0.15) is 4.98 Å². The number of benzene rings is 1. The van der Waals surface area contributed by atoms with E-state index in [-0.39, 0.29) is 5.82 Å². The van der Waals surface area contributed by atoms with Crippen molar-refractivity contribution in [1.29, 1.82) is 0 Å². The molecule has 0 atom stereocenters. The number of nitrogens with one attached hydrogen (secondary N) is 2. The summed E-state index contributed by atoms with van der Waals surface area (Å²) in [6.07, 6.45) is 1.65. The SMILES string of the molecule is CCN1CCN(c2ccc(Nc3ccnc(NC)n3)cc2F)CC1. The Balaban J connectivity index is 1.70. The van der Waals surface area contributed by atoms with Gasteiger partial charge in [-0.3, -0.25) is 0 Å². The van der Waals surface area contributed by atoms with E-state index in [9.17, 15) is 4.39 Å². The van der Waals surface area contributed by atoms with Gasteiger partial charge in [0, 0.05) is 45.1 Å². The van der Waals surface area contributed by atoms with Crippen molar-refractivity contribution in [2.24, 2.45) is 0 Å². The van der Waals surface area contributed by atoms with Gasteiger partial charge in [0.25, 0.3) is 0 Å². The first-order chi connectivity index (χ1) is 11.7. The molecule has 2 aromatic rings. The standard InChI is InChI=1S/C17H23FN6/c1-3-23-8-10-24(11-9-23)15-5-4-13(12-14(15)18)21-16-6-7-20-17(19-2)22-16/h4-7,12H,3,8-11H2,1-2H3,(H2,19,20,21,22). The molecule has 1 fully saturated rings. The van der Waals surface area contributed by atoms with Crippen LogP contribution < -0.4 is 15.5 Å². The van der Waals surface area contributed by atoms with Crippen molar-refractivity contribution < 1.29 is 4.39 Å². The van der Waals surface area contributed by atoms with Crippen molar-refractivity contribution in [3.8, 4) is 0 Å². The van der Waals surface area contributed by atoms with Gasteiger partial charge in [-0.15, -0.1) is 0 Å². The third kappa shape index (κ3) is 3.73. The van der Waals surface area contributed by atoms with Gasteiger partial charge >= 0.3 is 0 Å². The molecule has 0 spiro atoms. The molecule has 0 saturated carbocycles. The zero-order chi connectivity index (χ0) is 16.9. The van der Waals surface area contributed by atoms with E-state index in [4.69, 9.17) is 0 Å². The Labute approximate surface area is 141 Å². The zero-order valence-electron chi connectivity index (χ0n) is 14.1. The van der Waals surface area contributed by atoms with E-state index >= 15 is 0 Å². The van der Waals surface area contributed by atoms with Gasteiger partial charge in [-0.1, -0.05) is 6.92 Å². The number of rotatable bonds is 5. The molecule has 0 aliphatic carbocycles. The zero-order valence-corrected chi connectivity index (χ0v) is 14.1. The van der Waals surface area contributed by atoms with Crippen molar-refractivity contribution in [2.45, 2.75) is 6.92 Å². The van der Waals surface area contributed by atoms with E-state index in [0.29, 0.717) is 23.1 Å². The normalized spacial score (nSPS) is 15.4. The highest BCUT2D eigenvalue weighted by Crippen LogP contribution is 2.25. The van der Waals surface area contributed by atoms with Crippen LogP contribution in [0.15, 0.2) is 30.5 Å². The molecule has 1 aliphatic rings. The molecule has 24 heavy (non-hydrogen) atoms. The van der Waals surface area contributed by atoms with E-state index in [2.05, 4.69) is 37.3 Å². The number of anilines is 4. The fourth-order valence-electron chi connectivity index (χ4n) is 2.84. The largest absolute Gasteiger partial charge is 0.367 e. The lowest BCUT2D eigenvalue weighted by atomic mass is 10.2. The Morgan fingerprint density at radius 3 is 2.62 bits per heavy atom. The molecule has 3 rings (SSSR count). The minimum absolute atomic E-state index is 0.215. The predicted molar refractivity (Wildman–Crippen MR) is 95.6 cm³/mol. The average Bonchev–Trinajstić information content (AvgIpc) is 2.62. The van der Waals surface area contributed by atoms with Gasteiger partial charge in [-0.25, -0.2) is 9.37 Å². The van der Waals surface area contributed by atoms with Gasteiger partial charge in [-0.05, 0) is 30.8 Å². The number of nitrogens with zero attached hydrogens (tertiary/aromatic N) is 4. The molecule has 2 heterocycles.